The molecule has 5 heteroatoms. The van der Waals surface area contributed by atoms with E-state index in [0.717, 1.165) is 12.8 Å². The molecule has 1 aromatic rings. The van der Waals surface area contributed by atoms with Gasteiger partial charge in [0.2, 0.25) is 0 Å². The van der Waals surface area contributed by atoms with Gasteiger partial charge in [0.1, 0.15) is 0 Å². The van der Waals surface area contributed by atoms with Gasteiger partial charge in [0.25, 0.3) is 0 Å². The van der Waals surface area contributed by atoms with Crippen LogP contribution < -0.4 is 0 Å². The predicted octanol–water partition coefficient (Wildman–Crippen LogP) is 1.63. The molecule has 1 saturated heterocycles. The van der Waals surface area contributed by atoms with Gasteiger partial charge < -0.3 is 9.47 Å². The molecule has 0 aromatic carbocycles. The first kappa shape index (κ1) is 12.1. The third-order valence-electron chi connectivity index (χ3n) is 2.85. The second-order valence-electron chi connectivity index (χ2n) is 4.32. The molecule has 2 atom stereocenters. The lowest BCUT2D eigenvalue weighted by molar-refractivity contribution is 0.0434. The molecule has 2 heterocycles. The van der Waals surface area contributed by atoms with Crippen molar-refractivity contribution < 1.29 is 14.3 Å². The third-order valence-corrected chi connectivity index (χ3v) is 2.85. The molecule has 2 rings (SSSR count). The van der Waals surface area contributed by atoms with E-state index in [2.05, 4.69) is 12.0 Å². The van der Waals surface area contributed by atoms with Crippen molar-refractivity contribution in [2.45, 2.75) is 45.4 Å². The summed E-state index contributed by atoms with van der Waals surface area (Å²) in [5.41, 5.74) is 0.498. The van der Waals surface area contributed by atoms with Crippen LogP contribution in [-0.2, 0) is 16.0 Å². The number of hydrogen-bond acceptors (Lipinski definition) is 4. The number of rotatable bonds is 4. The summed E-state index contributed by atoms with van der Waals surface area (Å²) < 4.78 is 12.4. The van der Waals surface area contributed by atoms with Gasteiger partial charge in [0, 0.05) is 6.20 Å². The average molecular weight is 238 g/mol. The van der Waals surface area contributed by atoms with Crippen LogP contribution in [0.3, 0.4) is 0 Å². The Kier molecular flexibility index (Phi) is 3.78. The van der Waals surface area contributed by atoms with E-state index >= 15 is 0 Å². The monoisotopic (exact) mass is 238 g/mol. The zero-order valence-corrected chi connectivity index (χ0v) is 10.3. The van der Waals surface area contributed by atoms with E-state index in [0.29, 0.717) is 24.8 Å². The van der Waals surface area contributed by atoms with E-state index in [1.165, 1.54) is 6.20 Å². The van der Waals surface area contributed by atoms with Crippen LogP contribution in [0.2, 0.25) is 0 Å². The molecule has 1 aliphatic rings. The molecule has 2 unspecified atom stereocenters. The lowest BCUT2D eigenvalue weighted by atomic mass is 10.2. The van der Waals surface area contributed by atoms with Crippen molar-refractivity contribution in [3.05, 3.63) is 18.0 Å². The van der Waals surface area contributed by atoms with Crippen LogP contribution >= 0.6 is 0 Å². The summed E-state index contributed by atoms with van der Waals surface area (Å²) in [4.78, 5) is 11.4. The van der Waals surface area contributed by atoms with E-state index < -0.39 is 0 Å². The van der Waals surface area contributed by atoms with Crippen LogP contribution in [0.4, 0.5) is 0 Å². The highest BCUT2D eigenvalue weighted by molar-refractivity contribution is 5.88. The van der Waals surface area contributed by atoms with Crippen molar-refractivity contribution in [3.63, 3.8) is 0 Å². The molecule has 1 aromatic heterocycles. The number of carbonyl (C=O) groups excluding carboxylic acids is 1. The van der Waals surface area contributed by atoms with Gasteiger partial charge in [-0.1, -0.05) is 0 Å². The summed E-state index contributed by atoms with van der Waals surface area (Å²) in [7, 11) is 0. The minimum Gasteiger partial charge on any atom is -0.462 e. The summed E-state index contributed by atoms with van der Waals surface area (Å²) in [5.74, 6) is -0.320. The van der Waals surface area contributed by atoms with Crippen molar-refractivity contribution in [2.75, 3.05) is 6.61 Å². The summed E-state index contributed by atoms with van der Waals surface area (Å²) in [6.07, 6.45) is 5.94. The number of nitrogens with zero attached hydrogens (tertiary/aromatic N) is 2. The van der Waals surface area contributed by atoms with Gasteiger partial charge in [-0.15, -0.1) is 0 Å². The Hall–Kier alpha value is -1.36. The van der Waals surface area contributed by atoms with Crippen molar-refractivity contribution in [1.82, 2.24) is 9.78 Å². The van der Waals surface area contributed by atoms with Gasteiger partial charge in [0.15, 0.2) is 0 Å². The number of ether oxygens (including phenoxy) is 2. The molecule has 5 nitrogen and oxygen atoms in total. The Bertz CT molecular complexity index is 389. The Morgan fingerprint density at radius 2 is 2.47 bits per heavy atom. The number of hydrogen-bond donors (Lipinski definition) is 0. The summed E-state index contributed by atoms with van der Waals surface area (Å²) in [6.45, 7) is 4.94. The first-order valence-corrected chi connectivity index (χ1v) is 6.04. The van der Waals surface area contributed by atoms with Gasteiger partial charge in [-0.3, -0.25) is 4.68 Å². The minimum absolute atomic E-state index is 0.208. The van der Waals surface area contributed by atoms with E-state index in [4.69, 9.17) is 9.47 Å². The maximum Gasteiger partial charge on any atom is 0.341 e. The summed E-state index contributed by atoms with van der Waals surface area (Å²) >= 11 is 0. The molecule has 0 spiro atoms. The van der Waals surface area contributed by atoms with Crippen molar-refractivity contribution in [1.29, 1.82) is 0 Å². The van der Waals surface area contributed by atoms with Crippen LogP contribution in [0.15, 0.2) is 12.4 Å². The van der Waals surface area contributed by atoms with Crippen LogP contribution in [-0.4, -0.2) is 34.6 Å². The number of esters is 1. The smallest absolute Gasteiger partial charge is 0.341 e. The maximum absolute atomic E-state index is 11.4. The quantitative estimate of drug-likeness (QED) is 0.748. The summed E-state index contributed by atoms with van der Waals surface area (Å²) in [6, 6.07) is 0. The molecule has 0 saturated carbocycles. The van der Waals surface area contributed by atoms with Crippen molar-refractivity contribution in [2.24, 2.45) is 0 Å². The molecule has 0 radical (unpaired) electrons. The average Bonchev–Trinajstić information content (AvgIpc) is 2.89. The van der Waals surface area contributed by atoms with Gasteiger partial charge in [-0.05, 0) is 26.7 Å². The van der Waals surface area contributed by atoms with E-state index in [-0.39, 0.29) is 12.1 Å². The second kappa shape index (κ2) is 5.31. The predicted molar refractivity (Wildman–Crippen MR) is 61.8 cm³/mol. The molecule has 0 amide bonds. The molecule has 1 aliphatic heterocycles. The SMILES string of the molecule is CCOC(=O)c1cnn(CC2CCC(C)O2)c1. The maximum atomic E-state index is 11.4. The topological polar surface area (TPSA) is 53.3 Å². The summed E-state index contributed by atoms with van der Waals surface area (Å²) in [5, 5.41) is 4.14. The molecular weight excluding hydrogens is 220 g/mol. The van der Waals surface area contributed by atoms with Gasteiger partial charge >= 0.3 is 5.97 Å². The van der Waals surface area contributed by atoms with E-state index in [1.54, 1.807) is 17.8 Å². The second-order valence-corrected chi connectivity index (χ2v) is 4.32. The highest BCUT2D eigenvalue weighted by Gasteiger charge is 2.22. The normalized spacial score (nSPS) is 23.9. The number of aromatic nitrogens is 2. The first-order chi connectivity index (χ1) is 8.19. The Morgan fingerprint density at radius 1 is 1.65 bits per heavy atom. The minimum atomic E-state index is -0.320. The molecule has 17 heavy (non-hydrogen) atoms. The number of carbonyl (C=O) groups is 1. The van der Waals surface area contributed by atoms with Crippen molar-refractivity contribution in [3.8, 4) is 0 Å². The largest absolute Gasteiger partial charge is 0.462 e. The van der Waals surface area contributed by atoms with Crippen LogP contribution in [0.25, 0.3) is 0 Å². The van der Waals surface area contributed by atoms with Crippen LogP contribution in [0.5, 0.6) is 0 Å². The van der Waals surface area contributed by atoms with Gasteiger partial charge in [-0.2, -0.15) is 5.10 Å². The molecule has 1 fully saturated rings. The first-order valence-electron chi connectivity index (χ1n) is 6.04. The Morgan fingerprint density at radius 3 is 3.12 bits per heavy atom. The fraction of sp³-hybridized carbons (Fsp3) is 0.667. The highest BCUT2D eigenvalue weighted by Crippen LogP contribution is 2.20. The third kappa shape index (κ3) is 3.06. The zero-order valence-electron chi connectivity index (χ0n) is 10.3. The fourth-order valence-electron chi connectivity index (χ4n) is 2.01. The van der Waals surface area contributed by atoms with E-state index in [1.807, 2.05) is 0 Å². The molecular formula is C12H18N2O3. The molecule has 94 valence electrons. The lowest BCUT2D eigenvalue weighted by Gasteiger charge is -2.10. The fourth-order valence-corrected chi connectivity index (χ4v) is 2.01. The standard InChI is InChI=1S/C12H18N2O3/c1-3-16-12(15)10-6-13-14(7-10)8-11-5-4-9(2)17-11/h6-7,9,11H,3-5,8H2,1-2H3. The Balaban J connectivity index is 1.92. The highest BCUT2D eigenvalue weighted by atomic mass is 16.5. The molecule has 0 aliphatic carbocycles. The Labute approximate surface area is 101 Å². The van der Waals surface area contributed by atoms with Gasteiger partial charge in [0.05, 0.1) is 37.1 Å². The molecule has 0 bridgehead atoms. The van der Waals surface area contributed by atoms with Crippen LogP contribution in [0, 0.1) is 0 Å². The zero-order chi connectivity index (χ0) is 12.3. The van der Waals surface area contributed by atoms with E-state index in [9.17, 15) is 4.79 Å². The van der Waals surface area contributed by atoms with Crippen molar-refractivity contribution >= 4 is 5.97 Å². The molecule has 0 N–H and O–H groups in total. The van der Waals surface area contributed by atoms with Crippen LogP contribution in [0.1, 0.15) is 37.0 Å². The van der Waals surface area contributed by atoms with Gasteiger partial charge in [-0.25, -0.2) is 4.79 Å². The lowest BCUT2D eigenvalue weighted by Crippen LogP contribution is -2.16.